The Hall–Kier alpha value is 3.62. The van der Waals surface area contributed by atoms with Gasteiger partial charge >= 0.3 is 128 Å². The molecule has 0 unspecified atom stereocenters. The Morgan fingerprint density at radius 1 is 0.812 bits per heavy atom. The Kier molecular flexibility index (Phi) is 27.0. The molecule has 0 spiro atoms. The van der Waals surface area contributed by atoms with Crippen molar-refractivity contribution in [2.75, 3.05) is 0 Å². The van der Waals surface area contributed by atoms with Gasteiger partial charge in [-0.25, -0.2) is 4.79 Å². The summed E-state index contributed by atoms with van der Waals surface area (Å²) >= 11 is 0. The monoisotopic (exact) mass is 350 g/mol. The summed E-state index contributed by atoms with van der Waals surface area (Å²) in [7, 11) is -11.4. The summed E-state index contributed by atoms with van der Waals surface area (Å²) < 4.78 is 24.8. The molecular weight excluding hydrogens is 347 g/mol. The van der Waals surface area contributed by atoms with Gasteiger partial charge in [-0.15, -0.1) is 0 Å². The predicted octanol–water partition coefficient (Wildman–Crippen LogP) is -5.80. The van der Waals surface area contributed by atoms with Gasteiger partial charge in [-0.3, -0.25) is 0 Å². The second-order valence-corrected chi connectivity index (χ2v) is 3.48. The van der Waals surface area contributed by atoms with Gasteiger partial charge in [-0.1, -0.05) is 0 Å². The van der Waals surface area contributed by atoms with E-state index in [1.165, 1.54) is 0 Å². The van der Waals surface area contributed by atoms with E-state index in [4.69, 9.17) is 0 Å². The summed E-state index contributed by atoms with van der Waals surface area (Å²) in [6.45, 7) is 0. The van der Waals surface area contributed by atoms with Crippen molar-refractivity contribution < 1.29 is 42.5 Å². The molecule has 0 rings (SSSR count). The molecule has 0 heterocycles. The molecular formula is CH4Ca2Mg2O9P2. The standard InChI is InChI=1S/CH4O9P2.2Ca.2Mg.4H/c2-1(9-11(3,4)5)10-12(6,7)8;;;;;;;;/h(H2,3,4,5)(H2,6,7,8);;;;;;;;/q;2*+2;;;;;;/p-4. The normalized spacial score (nSPS) is 9.25. The molecule has 0 aliphatic carbocycles. The van der Waals surface area contributed by atoms with Crippen LogP contribution in [0.15, 0.2) is 0 Å². The molecule has 80 valence electrons. The van der Waals surface area contributed by atoms with Gasteiger partial charge < -0.3 is 37.8 Å². The van der Waals surface area contributed by atoms with E-state index in [0.29, 0.717) is 0 Å². The zero-order valence-electron chi connectivity index (χ0n) is 6.48. The first-order valence-electron chi connectivity index (χ1n) is 2.07. The van der Waals surface area contributed by atoms with Crippen molar-refractivity contribution in [1.29, 1.82) is 0 Å². The quantitative estimate of drug-likeness (QED) is 0.348. The predicted molar refractivity (Wildman–Crippen MR) is 51.4 cm³/mol. The van der Waals surface area contributed by atoms with E-state index in [1.54, 1.807) is 0 Å². The Morgan fingerprint density at radius 2 is 1.00 bits per heavy atom. The minimum Gasteiger partial charge on any atom is -0.780 e. The van der Waals surface area contributed by atoms with Crippen LogP contribution in [0.1, 0.15) is 0 Å². The number of phosphoric acid groups is 2. The van der Waals surface area contributed by atoms with Crippen LogP contribution in [0.4, 0.5) is 4.79 Å². The molecule has 0 saturated carbocycles. The average Bonchev–Trinajstić information content (AvgIpc) is 1.49. The molecule has 0 aliphatic heterocycles. The van der Waals surface area contributed by atoms with Crippen LogP contribution in [0.3, 0.4) is 0 Å². The third-order valence-electron chi connectivity index (χ3n) is 0.373. The van der Waals surface area contributed by atoms with Gasteiger partial charge in [0.25, 0.3) is 0 Å². The fourth-order valence-corrected chi connectivity index (χ4v) is 0.698. The van der Waals surface area contributed by atoms with Crippen LogP contribution < -0.4 is 19.6 Å². The van der Waals surface area contributed by atoms with Crippen LogP contribution >= 0.6 is 15.6 Å². The molecule has 0 atom stereocenters. The molecule has 9 nitrogen and oxygen atoms in total. The molecule has 15 heteroatoms. The zero-order chi connectivity index (χ0) is 9.99. The number of rotatable bonds is 2. The Morgan fingerprint density at radius 3 is 1.12 bits per heavy atom. The topological polar surface area (TPSA) is 162 Å². The molecule has 0 N–H and O–H groups in total. The zero-order valence-corrected chi connectivity index (χ0v) is 12.7. The second-order valence-electron chi connectivity index (χ2n) is 1.33. The fourth-order valence-electron chi connectivity index (χ4n) is 0.199. The van der Waals surface area contributed by atoms with Crippen LogP contribution in [-0.4, -0.2) is 128 Å². The van der Waals surface area contributed by atoms with Gasteiger partial charge in [0.05, 0.1) is 0 Å². The van der Waals surface area contributed by atoms with Crippen LogP contribution in [0, 0.1) is 0 Å². The second kappa shape index (κ2) is 13.6. The summed E-state index contributed by atoms with van der Waals surface area (Å²) in [5.41, 5.74) is 0. The van der Waals surface area contributed by atoms with Gasteiger partial charge in [0.1, 0.15) is 15.6 Å². The molecule has 0 radical (unpaired) electrons. The number of hydrogen-bond acceptors (Lipinski definition) is 9. The van der Waals surface area contributed by atoms with Crippen LogP contribution in [-0.2, 0) is 18.2 Å². The maximum atomic E-state index is 9.89. The minimum atomic E-state index is -5.68. The Labute approximate surface area is 182 Å². The van der Waals surface area contributed by atoms with Crippen molar-refractivity contribution in [3.8, 4) is 0 Å². The molecule has 0 bridgehead atoms. The van der Waals surface area contributed by atoms with E-state index in [0.717, 1.165) is 0 Å². The van der Waals surface area contributed by atoms with E-state index >= 15 is 0 Å². The van der Waals surface area contributed by atoms with Gasteiger partial charge in [-0.2, -0.15) is 0 Å². The van der Waals surface area contributed by atoms with Crippen LogP contribution in [0.5, 0.6) is 0 Å². The van der Waals surface area contributed by atoms with Crippen molar-refractivity contribution in [2.45, 2.75) is 0 Å². The van der Waals surface area contributed by atoms with Crippen molar-refractivity contribution in [2.24, 2.45) is 0 Å². The molecule has 0 aliphatic rings. The van der Waals surface area contributed by atoms with E-state index in [2.05, 4.69) is 9.05 Å². The van der Waals surface area contributed by atoms with Gasteiger partial charge in [0, 0.05) is 0 Å². The first-order chi connectivity index (χ1) is 5.10. The summed E-state index contributed by atoms with van der Waals surface area (Å²) in [5, 5.41) is 0. The average molecular weight is 351 g/mol. The third-order valence-corrected chi connectivity index (χ3v) is 1.12. The van der Waals surface area contributed by atoms with E-state index in [1.807, 2.05) is 0 Å². The number of carbonyl (C=O) groups excluding carboxylic acids is 1. The molecule has 0 fully saturated rings. The van der Waals surface area contributed by atoms with Gasteiger partial charge in [-0.05, 0) is 0 Å². The molecule has 0 aromatic rings. The van der Waals surface area contributed by atoms with Crippen molar-refractivity contribution >= 4 is 143 Å². The summed E-state index contributed by atoms with van der Waals surface area (Å²) in [4.78, 5) is 48.2. The molecule has 16 heavy (non-hydrogen) atoms. The smallest absolute Gasteiger partial charge is 0.780 e. The van der Waals surface area contributed by atoms with E-state index in [-0.39, 0.29) is 122 Å². The SMILES string of the molecule is O=C(OP(=O)([O-])[O-])OP(=O)([O-])[O-].[Ca+2].[Ca+2].[MgH2].[MgH2]. The van der Waals surface area contributed by atoms with Crippen LogP contribution in [0.2, 0.25) is 0 Å². The number of phosphoric ester groups is 2. The Bertz CT molecular complexity index is 245. The molecule has 0 saturated heterocycles. The molecule has 0 amide bonds. The first kappa shape index (κ1) is 31.8. The minimum absolute atomic E-state index is 0. The molecule has 0 aromatic carbocycles. The van der Waals surface area contributed by atoms with E-state index in [9.17, 15) is 33.5 Å². The van der Waals surface area contributed by atoms with Crippen LogP contribution in [0.25, 0.3) is 0 Å². The summed E-state index contributed by atoms with van der Waals surface area (Å²) in [5.74, 6) is 0. The summed E-state index contributed by atoms with van der Waals surface area (Å²) in [6.07, 6.45) is -2.39. The maximum Gasteiger partial charge on any atom is 2.00 e. The summed E-state index contributed by atoms with van der Waals surface area (Å²) in [6, 6.07) is 0. The van der Waals surface area contributed by atoms with Crippen molar-refractivity contribution in [3.63, 3.8) is 0 Å². The van der Waals surface area contributed by atoms with Gasteiger partial charge in [0.2, 0.25) is 0 Å². The van der Waals surface area contributed by atoms with E-state index < -0.39 is 21.8 Å². The molecule has 0 aromatic heterocycles. The number of carbonyl (C=O) groups is 1. The largest absolute Gasteiger partial charge is 2.00 e. The maximum absolute atomic E-state index is 9.89. The van der Waals surface area contributed by atoms with Crippen molar-refractivity contribution in [1.82, 2.24) is 0 Å². The van der Waals surface area contributed by atoms with Crippen molar-refractivity contribution in [3.05, 3.63) is 0 Å². The number of hydrogen-bond donors (Lipinski definition) is 0. The fraction of sp³-hybridized carbons (Fsp3) is 0. The van der Waals surface area contributed by atoms with Gasteiger partial charge in [0.15, 0.2) is 0 Å². The third kappa shape index (κ3) is 26.2. The Balaban J connectivity index is -0.000000101. The first-order valence-corrected chi connectivity index (χ1v) is 4.99.